The van der Waals surface area contributed by atoms with Crippen molar-refractivity contribution in [2.75, 3.05) is 13.6 Å². The normalized spacial score (nSPS) is 17.3. The fourth-order valence-corrected chi connectivity index (χ4v) is 3.96. The molecule has 0 saturated heterocycles. The first-order chi connectivity index (χ1) is 12.8. The average molecular weight is 341 g/mol. The molecule has 0 aliphatic carbocycles. The molecular weight excluding hydrogens is 322 g/mol. The first kappa shape index (κ1) is 15.3. The van der Waals surface area contributed by atoms with Crippen LogP contribution in [0.4, 0.5) is 0 Å². The summed E-state index contributed by atoms with van der Waals surface area (Å²) in [5, 5.41) is 9.03. The summed E-state index contributed by atoms with van der Waals surface area (Å²) in [6.45, 7) is 1.97. The highest BCUT2D eigenvalue weighted by molar-refractivity contribution is 5.78. The standard InChI is InChI=1S/C22H19N3O/c1-25-13-19-10-16(18-6-8-23-24-12-18)4-5-20(19)21(14-25)17-3-2-15-7-9-26-22(15)11-17/h2-12,21H,13-14H2,1H3. The Morgan fingerprint density at radius 2 is 1.96 bits per heavy atom. The van der Waals surface area contributed by atoms with E-state index in [1.165, 1.54) is 22.3 Å². The molecule has 1 aliphatic rings. The highest BCUT2D eigenvalue weighted by atomic mass is 16.3. The number of likely N-dealkylation sites (N-methyl/N-ethyl adjacent to an activating group) is 1. The molecule has 3 heterocycles. The van der Waals surface area contributed by atoms with E-state index in [0.717, 1.165) is 29.6 Å². The Bertz CT molecular complexity index is 1070. The molecule has 2 aromatic carbocycles. The van der Waals surface area contributed by atoms with E-state index >= 15 is 0 Å². The molecule has 128 valence electrons. The molecule has 4 aromatic rings. The quantitative estimate of drug-likeness (QED) is 0.539. The van der Waals surface area contributed by atoms with Crippen molar-refractivity contribution < 1.29 is 4.42 Å². The van der Waals surface area contributed by atoms with E-state index in [-0.39, 0.29) is 0 Å². The Labute approximate surface area is 152 Å². The highest BCUT2D eigenvalue weighted by Crippen LogP contribution is 2.36. The van der Waals surface area contributed by atoms with Crippen molar-refractivity contribution in [1.29, 1.82) is 0 Å². The molecule has 0 N–H and O–H groups in total. The maximum absolute atomic E-state index is 5.61. The van der Waals surface area contributed by atoms with Gasteiger partial charge in [0.1, 0.15) is 5.58 Å². The van der Waals surface area contributed by atoms with Crippen LogP contribution in [0.15, 0.2) is 71.6 Å². The third kappa shape index (κ3) is 2.59. The van der Waals surface area contributed by atoms with Gasteiger partial charge in [-0.15, -0.1) is 0 Å². The SMILES string of the molecule is CN1Cc2cc(-c3ccnnc3)ccc2C(c2ccc3ccoc3c2)C1. The van der Waals surface area contributed by atoms with Crippen molar-refractivity contribution in [1.82, 2.24) is 15.1 Å². The fraction of sp³-hybridized carbons (Fsp3) is 0.182. The van der Waals surface area contributed by atoms with Crippen LogP contribution in [0.5, 0.6) is 0 Å². The van der Waals surface area contributed by atoms with Gasteiger partial charge >= 0.3 is 0 Å². The summed E-state index contributed by atoms with van der Waals surface area (Å²) in [6, 6.07) is 17.3. The summed E-state index contributed by atoms with van der Waals surface area (Å²) in [5.41, 5.74) is 7.33. The lowest BCUT2D eigenvalue weighted by Crippen LogP contribution is -2.31. The minimum absolute atomic E-state index is 0.350. The summed E-state index contributed by atoms with van der Waals surface area (Å²) < 4.78 is 5.61. The minimum atomic E-state index is 0.350. The second-order valence-corrected chi connectivity index (χ2v) is 7.01. The topological polar surface area (TPSA) is 42.2 Å². The summed E-state index contributed by atoms with van der Waals surface area (Å²) in [4.78, 5) is 2.38. The number of aromatic nitrogens is 2. The van der Waals surface area contributed by atoms with Crippen LogP contribution in [0, 0.1) is 0 Å². The Morgan fingerprint density at radius 1 is 1.00 bits per heavy atom. The smallest absolute Gasteiger partial charge is 0.134 e. The van der Waals surface area contributed by atoms with Gasteiger partial charge in [0.15, 0.2) is 0 Å². The van der Waals surface area contributed by atoms with Crippen molar-refractivity contribution in [2.24, 2.45) is 0 Å². The monoisotopic (exact) mass is 341 g/mol. The molecule has 0 spiro atoms. The summed E-state index contributed by atoms with van der Waals surface area (Å²) in [6.07, 6.45) is 5.31. The first-order valence-electron chi connectivity index (χ1n) is 8.83. The first-order valence-corrected chi connectivity index (χ1v) is 8.83. The molecule has 1 aliphatic heterocycles. The second-order valence-electron chi connectivity index (χ2n) is 7.01. The van der Waals surface area contributed by atoms with Crippen LogP contribution < -0.4 is 0 Å². The summed E-state index contributed by atoms with van der Waals surface area (Å²) >= 11 is 0. The van der Waals surface area contributed by atoms with E-state index < -0.39 is 0 Å². The zero-order chi connectivity index (χ0) is 17.5. The molecule has 26 heavy (non-hydrogen) atoms. The van der Waals surface area contributed by atoms with Crippen LogP contribution in [0.3, 0.4) is 0 Å². The Morgan fingerprint density at radius 3 is 2.85 bits per heavy atom. The van der Waals surface area contributed by atoms with Crippen molar-refractivity contribution in [3.05, 3.63) is 83.9 Å². The van der Waals surface area contributed by atoms with E-state index in [9.17, 15) is 0 Å². The van der Waals surface area contributed by atoms with Crippen LogP contribution >= 0.6 is 0 Å². The number of benzene rings is 2. The lowest BCUT2D eigenvalue weighted by molar-refractivity contribution is 0.295. The molecule has 0 bridgehead atoms. The largest absolute Gasteiger partial charge is 0.464 e. The lowest BCUT2D eigenvalue weighted by atomic mass is 9.83. The number of hydrogen-bond acceptors (Lipinski definition) is 4. The number of fused-ring (bicyclic) bond motifs is 2. The predicted molar refractivity (Wildman–Crippen MR) is 102 cm³/mol. The van der Waals surface area contributed by atoms with E-state index in [0.29, 0.717) is 5.92 Å². The van der Waals surface area contributed by atoms with E-state index in [2.05, 4.69) is 58.5 Å². The fourth-order valence-electron chi connectivity index (χ4n) is 3.96. The van der Waals surface area contributed by atoms with Gasteiger partial charge in [0.25, 0.3) is 0 Å². The molecule has 2 aromatic heterocycles. The maximum atomic E-state index is 5.61. The molecule has 4 nitrogen and oxygen atoms in total. The van der Waals surface area contributed by atoms with Gasteiger partial charge in [-0.2, -0.15) is 10.2 Å². The zero-order valence-electron chi connectivity index (χ0n) is 14.6. The molecular formula is C22H19N3O. The molecule has 1 atom stereocenters. The predicted octanol–water partition coefficient (Wildman–Crippen LogP) is 4.47. The molecule has 0 fully saturated rings. The molecule has 0 radical (unpaired) electrons. The van der Waals surface area contributed by atoms with Crippen molar-refractivity contribution in [3.63, 3.8) is 0 Å². The zero-order valence-corrected chi connectivity index (χ0v) is 14.6. The van der Waals surface area contributed by atoms with Crippen LogP contribution in [0.1, 0.15) is 22.6 Å². The lowest BCUT2D eigenvalue weighted by Gasteiger charge is -2.33. The summed E-state index contributed by atoms with van der Waals surface area (Å²) in [5.74, 6) is 0.350. The van der Waals surface area contributed by atoms with E-state index in [1.807, 2.05) is 18.3 Å². The average Bonchev–Trinajstić information content (AvgIpc) is 3.15. The number of nitrogens with zero attached hydrogens (tertiary/aromatic N) is 3. The van der Waals surface area contributed by atoms with Crippen molar-refractivity contribution in [2.45, 2.75) is 12.5 Å². The van der Waals surface area contributed by atoms with Gasteiger partial charge in [0.2, 0.25) is 0 Å². The number of rotatable bonds is 2. The second kappa shape index (κ2) is 6.07. The molecule has 0 saturated carbocycles. The third-order valence-corrected chi connectivity index (χ3v) is 5.25. The Balaban J connectivity index is 1.59. The Kier molecular flexibility index (Phi) is 3.57. The third-order valence-electron chi connectivity index (χ3n) is 5.25. The van der Waals surface area contributed by atoms with Crippen molar-refractivity contribution >= 4 is 11.0 Å². The van der Waals surface area contributed by atoms with Gasteiger partial charge in [-0.05, 0) is 53.6 Å². The van der Waals surface area contributed by atoms with Gasteiger partial charge < -0.3 is 9.32 Å². The molecule has 0 amide bonds. The van der Waals surface area contributed by atoms with Gasteiger partial charge in [-0.3, -0.25) is 0 Å². The number of hydrogen-bond donors (Lipinski definition) is 0. The van der Waals surface area contributed by atoms with Crippen LogP contribution in [0.25, 0.3) is 22.1 Å². The number of furan rings is 1. The highest BCUT2D eigenvalue weighted by Gasteiger charge is 2.25. The molecule has 4 heteroatoms. The van der Waals surface area contributed by atoms with E-state index in [4.69, 9.17) is 4.42 Å². The van der Waals surface area contributed by atoms with Crippen LogP contribution in [0.2, 0.25) is 0 Å². The van der Waals surface area contributed by atoms with Gasteiger partial charge in [0.05, 0.1) is 18.7 Å². The van der Waals surface area contributed by atoms with Crippen LogP contribution in [-0.2, 0) is 6.54 Å². The minimum Gasteiger partial charge on any atom is -0.464 e. The van der Waals surface area contributed by atoms with Gasteiger partial charge in [-0.1, -0.05) is 24.3 Å². The van der Waals surface area contributed by atoms with Gasteiger partial charge in [-0.25, -0.2) is 0 Å². The molecule has 1 unspecified atom stereocenters. The van der Waals surface area contributed by atoms with Crippen molar-refractivity contribution in [3.8, 4) is 11.1 Å². The maximum Gasteiger partial charge on any atom is 0.134 e. The van der Waals surface area contributed by atoms with Crippen LogP contribution in [-0.4, -0.2) is 28.7 Å². The van der Waals surface area contributed by atoms with Gasteiger partial charge in [0, 0.05) is 30.0 Å². The molecule has 5 rings (SSSR count). The Hall–Kier alpha value is -2.98. The summed E-state index contributed by atoms with van der Waals surface area (Å²) in [7, 11) is 2.18. The van der Waals surface area contributed by atoms with E-state index in [1.54, 1.807) is 12.5 Å².